The van der Waals surface area contributed by atoms with E-state index in [-0.39, 0.29) is 11.8 Å². The quantitative estimate of drug-likeness (QED) is 0.877. The minimum atomic E-state index is -0.432. The van der Waals surface area contributed by atoms with E-state index in [1.807, 2.05) is 12.1 Å². The molecule has 0 radical (unpaired) electrons. The third-order valence-corrected chi connectivity index (χ3v) is 5.50. The fourth-order valence-corrected chi connectivity index (χ4v) is 4.26. The summed E-state index contributed by atoms with van der Waals surface area (Å²) < 4.78 is 1.48. The molecule has 3 heterocycles. The molecule has 2 amide bonds. The number of hydrogen-bond donors (Lipinski definition) is 2. The summed E-state index contributed by atoms with van der Waals surface area (Å²) in [5.41, 5.74) is 7.15. The molecule has 132 valence electrons. The Morgan fingerprint density at radius 3 is 2.72 bits per heavy atom. The first-order chi connectivity index (χ1) is 12.1. The number of urea groups is 1. The molecule has 0 saturated heterocycles. The Kier molecular flexibility index (Phi) is 4.07. The summed E-state index contributed by atoms with van der Waals surface area (Å²) in [5, 5.41) is 15.4. The Bertz CT molecular complexity index is 767. The first-order valence-corrected chi connectivity index (χ1v) is 8.91. The zero-order valence-corrected chi connectivity index (χ0v) is 14.1. The first kappa shape index (κ1) is 15.9. The van der Waals surface area contributed by atoms with E-state index in [9.17, 15) is 9.90 Å². The van der Waals surface area contributed by atoms with Gasteiger partial charge in [0.2, 0.25) is 5.88 Å². The maximum Gasteiger partial charge on any atom is 0.315 e. The number of carbonyl (C=O) groups is 1. The number of pyridine rings is 1. The smallest absolute Gasteiger partial charge is 0.315 e. The van der Waals surface area contributed by atoms with Crippen LogP contribution in [-0.2, 0) is 6.54 Å². The number of amides is 2. The second-order valence-electron chi connectivity index (χ2n) is 7.01. The molecule has 1 aliphatic heterocycles. The molecule has 3 N–H and O–H groups in total. The molecule has 2 aromatic rings. The summed E-state index contributed by atoms with van der Waals surface area (Å²) in [5.74, 6) is 1.24. The molecule has 2 aliphatic rings. The average molecular weight is 341 g/mol. The number of aromatic hydroxyl groups is 1. The average Bonchev–Trinajstić information content (AvgIpc) is 2.99. The lowest BCUT2D eigenvalue weighted by atomic mass is 9.75. The van der Waals surface area contributed by atoms with Crippen LogP contribution < -0.4 is 5.73 Å². The van der Waals surface area contributed by atoms with Gasteiger partial charge in [-0.25, -0.2) is 9.78 Å². The van der Waals surface area contributed by atoms with Crippen LogP contribution in [0.5, 0.6) is 5.88 Å². The molecule has 1 unspecified atom stereocenters. The molecule has 2 aromatic heterocycles. The SMILES string of the molecule is NC(=O)N1Cc2nn(-c3ccccn3)c(O)c2C(C2CCCCC2)C1. The summed E-state index contributed by atoms with van der Waals surface area (Å²) in [6, 6.07) is 5.05. The molecule has 7 heteroatoms. The molecular weight excluding hydrogens is 318 g/mol. The maximum absolute atomic E-state index is 11.8. The topological polar surface area (TPSA) is 97.3 Å². The summed E-state index contributed by atoms with van der Waals surface area (Å²) in [7, 11) is 0. The highest BCUT2D eigenvalue weighted by molar-refractivity contribution is 5.72. The van der Waals surface area contributed by atoms with Crippen molar-refractivity contribution in [3.8, 4) is 11.7 Å². The predicted molar refractivity (Wildman–Crippen MR) is 92.3 cm³/mol. The van der Waals surface area contributed by atoms with E-state index >= 15 is 0 Å². The lowest BCUT2D eigenvalue weighted by Gasteiger charge is -2.37. The van der Waals surface area contributed by atoms with Gasteiger partial charge in [0.05, 0.1) is 12.2 Å². The molecule has 1 aliphatic carbocycles. The highest BCUT2D eigenvalue weighted by Crippen LogP contribution is 2.44. The Morgan fingerprint density at radius 2 is 2.04 bits per heavy atom. The molecule has 1 fully saturated rings. The second kappa shape index (κ2) is 6.38. The van der Waals surface area contributed by atoms with Crippen LogP contribution >= 0.6 is 0 Å². The van der Waals surface area contributed by atoms with Gasteiger partial charge in [0.25, 0.3) is 0 Å². The van der Waals surface area contributed by atoms with Crippen molar-refractivity contribution in [2.45, 2.75) is 44.6 Å². The summed E-state index contributed by atoms with van der Waals surface area (Å²) in [6.45, 7) is 0.885. The number of nitrogens with zero attached hydrogens (tertiary/aromatic N) is 4. The van der Waals surface area contributed by atoms with Crippen LogP contribution in [0.25, 0.3) is 5.82 Å². The van der Waals surface area contributed by atoms with E-state index < -0.39 is 6.03 Å². The molecule has 4 rings (SSSR count). The third kappa shape index (κ3) is 2.83. The number of aromatic nitrogens is 3. The van der Waals surface area contributed by atoms with E-state index in [2.05, 4.69) is 10.1 Å². The molecule has 1 atom stereocenters. The fraction of sp³-hybridized carbons (Fsp3) is 0.500. The normalized spacial score (nSPS) is 21.1. The highest BCUT2D eigenvalue weighted by Gasteiger charge is 2.38. The van der Waals surface area contributed by atoms with E-state index in [1.165, 1.54) is 23.9 Å². The molecule has 1 saturated carbocycles. The van der Waals surface area contributed by atoms with Crippen LogP contribution in [0.1, 0.15) is 49.3 Å². The predicted octanol–water partition coefficient (Wildman–Crippen LogP) is 2.53. The molecule has 0 spiro atoms. The lowest BCUT2D eigenvalue weighted by molar-refractivity contribution is 0.175. The van der Waals surface area contributed by atoms with Crippen molar-refractivity contribution in [2.75, 3.05) is 6.54 Å². The van der Waals surface area contributed by atoms with Gasteiger partial charge in [-0.05, 0) is 30.9 Å². The van der Waals surface area contributed by atoms with Crippen molar-refractivity contribution in [3.63, 3.8) is 0 Å². The van der Waals surface area contributed by atoms with E-state index in [4.69, 9.17) is 5.73 Å². The van der Waals surface area contributed by atoms with Crippen LogP contribution in [-0.4, -0.2) is 37.3 Å². The van der Waals surface area contributed by atoms with Crippen molar-refractivity contribution < 1.29 is 9.90 Å². The number of nitrogens with two attached hydrogens (primary N) is 1. The van der Waals surface area contributed by atoms with Crippen molar-refractivity contribution in [2.24, 2.45) is 11.7 Å². The number of carbonyl (C=O) groups excluding carboxylic acids is 1. The van der Waals surface area contributed by atoms with Crippen LogP contribution in [0.15, 0.2) is 24.4 Å². The first-order valence-electron chi connectivity index (χ1n) is 8.91. The summed E-state index contributed by atoms with van der Waals surface area (Å²) in [4.78, 5) is 17.7. The molecule has 25 heavy (non-hydrogen) atoms. The van der Waals surface area contributed by atoms with Crippen molar-refractivity contribution >= 4 is 6.03 Å². The molecule has 7 nitrogen and oxygen atoms in total. The lowest BCUT2D eigenvalue weighted by Crippen LogP contribution is -2.43. The third-order valence-electron chi connectivity index (χ3n) is 5.50. The largest absolute Gasteiger partial charge is 0.493 e. The fourth-order valence-electron chi connectivity index (χ4n) is 4.26. The van der Waals surface area contributed by atoms with Gasteiger partial charge >= 0.3 is 6.03 Å². The number of rotatable bonds is 2. The Labute approximate surface area is 146 Å². The van der Waals surface area contributed by atoms with Gasteiger partial charge in [0, 0.05) is 24.2 Å². The minimum absolute atomic E-state index is 0.0778. The number of hydrogen-bond acceptors (Lipinski definition) is 4. The molecule has 0 aromatic carbocycles. The van der Waals surface area contributed by atoms with Gasteiger partial charge < -0.3 is 15.7 Å². The standard InChI is InChI=1S/C18H23N5O2/c19-18(25)22-10-13(12-6-2-1-3-7-12)16-14(11-22)21-23(17(16)24)15-8-4-5-9-20-15/h4-5,8-9,12-13,24H,1-3,6-7,10-11H2,(H2,19,25). The maximum atomic E-state index is 11.8. The van der Waals surface area contributed by atoms with Gasteiger partial charge in [-0.2, -0.15) is 9.78 Å². The Hall–Kier alpha value is -2.57. The minimum Gasteiger partial charge on any atom is -0.493 e. The monoisotopic (exact) mass is 341 g/mol. The molecule has 0 bridgehead atoms. The summed E-state index contributed by atoms with van der Waals surface area (Å²) >= 11 is 0. The molecular formula is C18H23N5O2. The van der Waals surface area contributed by atoms with Crippen LogP contribution in [0.2, 0.25) is 0 Å². The van der Waals surface area contributed by atoms with E-state index in [1.54, 1.807) is 17.2 Å². The van der Waals surface area contributed by atoms with Gasteiger partial charge in [-0.3, -0.25) is 0 Å². The van der Waals surface area contributed by atoms with Crippen LogP contribution in [0.3, 0.4) is 0 Å². The van der Waals surface area contributed by atoms with Gasteiger partial charge in [0.15, 0.2) is 5.82 Å². The number of primary amides is 1. The Balaban J connectivity index is 1.77. The highest BCUT2D eigenvalue weighted by atomic mass is 16.3. The zero-order valence-electron chi connectivity index (χ0n) is 14.1. The van der Waals surface area contributed by atoms with E-state index in [0.717, 1.165) is 24.1 Å². The van der Waals surface area contributed by atoms with Gasteiger partial charge in [-0.1, -0.05) is 25.3 Å². The van der Waals surface area contributed by atoms with Crippen LogP contribution in [0.4, 0.5) is 4.79 Å². The van der Waals surface area contributed by atoms with Crippen LogP contribution in [0, 0.1) is 5.92 Å². The Morgan fingerprint density at radius 1 is 1.24 bits per heavy atom. The number of fused-ring (bicyclic) bond motifs is 1. The van der Waals surface area contributed by atoms with Crippen molar-refractivity contribution in [1.82, 2.24) is 19.7 Å². The van der Waals surface area contributed by atoms with Gasteiger partial charge in [0.1, 0.15) is 0 Å². The summed E-state index contributed by atoms with van der Waals surface area (Å²) in [6.07, 6.45) is 7.55. The zero-order chi connectivity index (χ0) is 17.4. The van der Waals surface area contributed by atoms with Gasteiger partial charge in [-0.15, -0.1) is 0 Å². The van der Waals surface area contributed by atoms with Crippen molar-refractivity contribution in [1.29, 1.82) is 0 Å². The second-order valence-corrected chi connectivity index (χ2v) is 7.01. The van der Waals surface area contributed by atoms with Crippen molar-refractivity contribution in [3.05, 3.63) is 35.7 Å². The van der Waals surface area contributed by atoms with E-state index in [0.29, 0.717) is 24.8 Å².